The van der Waals surface area contributed by atoms with Gasteiger partial charge in [-0.2, -0.15) is 24.0 Å². The van der Waals surface area contributed by atoms with Crippen LogP contribution in [0.3, 0.4) is 0 Å². The molecule has 1 radical (unpaired) electrons. The second-order valence-corrected chi connectivity index (χ2v) is 0.224. The van der Waals surface area contributed by atoms with Crippen LogP contribution in [0.2, 0.25) is 0 Å². The van der Waals surface area contributed by atoms with E-state index in [4.69, 9.17) is 10.5 Å². The molecule has 0 spiro atoms. The molecule has 0 saturated heterocycles. The molecule has 3 N–H and O–H groups in total. The number of hydrogen-bond donors (Lipinski definition) is 1. The third kappa shape index (κ3) is 132. The Morgan fingerprint density at radius 3 is 1.14 bits per heavy atom. The number of nitrogens with zero attached hydrogens (tertiary/aromatic N) is 2. The second-order valence-electron chi connectivity index (χ2n) is 0.224. The van der Waals surface area contributed by atoms with Crippen LogP contribution in [0.5, 0.6) is 0 Å². The second kappa shape index (κ2) is 41.3. The van der Waals surface area contributed by atoms with E-state index in [1.807, 2.05) is 0 Å². The molecule has 0 aromatic heterocycles. The number of nitriles is 2. The Kier molecular flexibility index (Phi) is 172. The van der Waals surface area contributed by atoms with Gasteiger partial charge in [0.05, 0.1) is 0 Å². The van der Waals surface area contributed by atoms with Gasteiger partial charge in [-0.05, 0) is 0 Å². The summed E-state index contributed by atoms with van der Waals surface area (Å²) >= 11 is 0. The summed E-state index contributed by atoms with van der Waals surface area (Å²) in [6, 6.07) is 2.47. The fourth-order valence-corrected chi connectivity index (χ4v) is 0. The van der Waals surface area contributed by atoms with E-state index in [0.717, 1.165) is 0 Å². The van der Waals surface area contributed by atoms with Crippen LogP contribution >= 0.6 is 13.5 Å². The van der Waals surface area contributed by atoms with E-state index in [2.05, 4.69) is 0 Å². The van der Waals surface area contributed by atoms with Gasteiger partial charge in [0.1, 0.15) is 0 Å². The van der Waals surface area contributed by atoms with Crippen LogP contribution in [-0.2, 0) is 16.8 Å². The summed E-state index contributed by atoms with van der Waals surface area (Å²) in [5.41, 5.74) is 0. The van der Waals surface area contributed by atoms with Gasteiger partial charge in [0, 0.05) is 0 Å². The maximum atomic E-state index is 7.26. The summed E-state index contributed by atoms with van der Waals surface area (Å²) in [6.07, 6.45) is 0. The third-order valence-corrected chi connectivity index (χ3v) is 0.0500. The predicted molar refractivity (Wildman–Crippen MR) is 26.6 cm³/mol. The van der Waals surface area contributed by atoms with Gasteiger partial charge in [0.15, 0.2) is 12.1 Å². The largest absolute Gasteiger partial charge is 2.00 e. The molecule has 0 bridgehead atoms. The van der Waals surface area contributed by atoms with Crippen molar-refractivity contribution in [3.63, 3.8) is 0 Å². The molecule has 0 aromatic rings. The molecule has 0 heterocycles. The summed E-state index contributed by atoms with van der Waals surface area (Å²) in [6.45, 7) is 0. The summed E-state index contributed by atoms with van der Waals surface area (Å²) in [7, 11) is 0. The Hall–Kier alpha value is -0.204. The van der Waals surface area contributed by atoms with Crippen molar-refractivity contribution in [1.82, 2.24) is 6.15 Å². The zero-order chi connectivity index (χ0) is 3.41. The van der Waals surface area contributed by atoms with Crippen LogP contribution in [0.15, 0.2) is 0 Å². The molecule has 7 heavy (non-hydrogen) atoms. The minimum atomic E-state index is 0. The summed E-state index contributed by atoms with van der Waals surface area (Å²) in [5, 5.41) is 14.5. The normalized spacial score (nSPS) is 1.43. The van der Waals surface area contributed by atoms with Crippen LogP contribution in [0.25, 0.3) is 0 Å². The average Bonchev–Trinajstić information content (AvgIpc) is 1.37. The van der Waals surface area contributed by atoms with Crippen molar-refractivity contribution in [3.05, 3.63) is 0 Å². The Morgan fingerprint density at radius 1 is 1.00 bits per heavy atom. The smallest absolute Gasteiger partial charge is 0.344 e. The molecule has 0 amide bonds. The predicted octanol–water partition coefficient (Wildman–Crippen LogP) is 0.306. The SMILES string of the molecule is N.N#CC#N.S.[Co+2]. The van der Waals surface area contributed by atoms with Gasteiger partial charge in [0.2, 0.25) is 0 Å². The zero-order valence-electron chi connectivity index (χ0n) is 3.43. The molecule has 41 valence electrons. The maximum Gasteiger partial charge on any atom is 2.00 e. The topological polar surface area (TPSA) is 82.6 Å². The Labute approximate surface area is 59.5 Å². The van der Waals surface area contributed by atoms with Gasteiger partial charge in [0.25, 0.3) is 0 Å². The van der Waals surface area contributed by atoms with Crippen molar-refractivity contribution in [2.75, 3.05) is 0 Å². The molecule has 0 aliphatic rings. The first-order valence-corrected chi connectivity index (χ1v) is 0.697. The van der Waals surface area contributed by atoms with Crippen LogP contribution in [-0.4, -0.2) is 0 Å². The minimum absolute atomic E-state index is 0. The Balaban J connectivity index is -0.0000000150. The first kappa shape index (κ1) is 29.2. The Bertz CT molecular complexity index is 67.9. The molecule has 5 heteroatoms. The molecule has 0 aromatic carbocycles. The van der Waals surface area contributed by atoms with Crippen molar-refractivity contribution in [3.8, 4) is 12.1 Å². The van der Waals surface area contributed by atoms with Gasteiger partial charge in [-0.25, -0.2) is 0 Å². The van der Waals surface area contributed by atoms with Gasteiger partial charge in [-0.15, -0.1) is 0 Å². The van der Waals surface area contributed by atoms with Crippen LogP contribution in [0.4, 0.5) is 0 Å². The molecule has 0 saturated carbocycles. The summed E-state index contributed by atoms with van der Waals surface area (Å²) in [4.78, 5) is 0. The molecule has 3 nitrogen and oxygen atoms in total. The fourth-order valence-electron chi connectivity index (χ4n) is 0. The average molecular weight is 162 g/mol. The van der Waals surface area contributed by atoms with Gasteiger partial charge in [-0.3, -0.25) is 0 Å². The van der Waals surface area contributed by atoms with E-state index in [9.17, 15) is 0 Å². The van der Waals surface area contributed by atoms with E-state index in [0.29, 0.717) is 0 Å². The van der Waals surface area contributed by atoms with E-state index >= 15 is 0 Å². The Morgan fingerprint density at radius 2 is 1.14 bits per heavy atom. The molecule has 0 aliphatic heterocycles. The molecule has 0 aliphatic carbocycles. The first-order valence-electron chi connectivity index (χ1n) is 0.697. The number of hydrogen-bond acceptors (Lipinski definition) is 3. The van der Waals surface area contributed by atoms with E-state index < -0.39 is 0 Å². The van der Waals surface area contributed by atoms with Gasteiger partial charge >= 0.3 is 16.8 Å². The van der Waals surface area contributed by atoms with Crippen LogP contribution in [0, 0.1) is 22.7 Å². The summed E-state index contributed by atoms with van der Waals surface area (Å²) < 4.78 is 0. The van der Waals surface area contributed by atoms with Crippen molar-refractivity contribution in [2.45, 2.75) is 0 Å². The fraction of sp³-hybridized carbons (Fsp3) is 0. The van der Waals surface area contributed by atoms with Crippen LogP contribution < -0.4 is 6.15 Å². The van der Waals surface area contributed by atoms with Crippen LogP contribution in [0.1, 0.15) is 0 Å². The first-order chi connectivity index (χ1) is 1.91. The maximum absolute atomic E-state index is 7.26. The van der Waals surface area contributed by atoms with Crippen molar-refractivity contribution >= 4 is 13.5 Å². The molecular formula is C2H5CoN3S+2. The third-order valence-electron chi connectivity index (χ3n) is 0.0500. The molecule has 0 unspecified atom stereocenters. The van der Waals surface area contributed by atoms with E-state index in [-0.39, 0.29) is 36.4 Å². The monoisotopic (exact) mass is 162 g/mol. The minimum Gasteiger partial charge on any atom is -0.344 e. The van der Waals surface area contributed by atoms with Crippen molar-refractivity contribution in [2.24, 2.45) is 0 Å². The standard InChI is InChI=1S/C2N2.Co.H3N.H2S/c3-1-2-4;;;/h;;1H3;1H2/q;+2;;. The van der Waals surface area contributed by atoms with E-state index in [1.54, 1.807) is 0 Å². The molecule has 0 atom stereocenters. The van der Waals surface area contributed by atoms with Gasteiger partial charge in [-0.1, -0.05) is 0 Å². The van der Waals surface area contributed by atoms with Crippen molar-refractivity contribution in [1.29, 1.82) is 10.5 Å². The molecule has 0 fully saturated rings. The molecular weight excluding hydrogens is 157 g/mol. The zero-order valence-corrected chi connectivity index (χ0v) is 5.48. The van der Waals surface area contributed by atoms with Gasteiger partial charge < -0.3 is 6.15 Å². The van der Waals surface area contributed by atoms with Crippen molar-refractivity contribution < 1.29 is 16.8 Å². The quantitative estimate of drug-likeness (QED) is 0.556. The summed E-state index contributed by atoms with van der Waals surface area (Å²) in [5.74, 6) is 0. The number of rotatable bonds is 0. The van der Waals surface area contributed by atoms with E-state index in [1.165, 1.54) is 12.1 Å². The molecule has 0 rings (SSSR count).